The molecule has 138 valence electrons. The van der Waals surface area contributed by atoms with Crippen LogP contribution in [0.2, 0.25) is 0 Å². The van der Waals surface area contributed by atoms with Crippen molar-refractivity contribution < 1.29 is 28.2 Å². The molecule has 7 heteroatoms. The lowest BCUT2D eigenvalue weighted by molar-refractivity contribution is -0.142. The van der Waals surface area contributed by atoms with E-state index in [1.165, 1.54) is 17.6 Å². The summed E-state index contributed by atoms with van der Waals surface area (Å²) in [5.41, 5.74) is 1.58. The van der Waals surface area contributed by atoms with Gasteiger partial charge in [-0.1, -0.05) is 0 Å². The fraction of sp³-hybridized carbons (Fsp3) is 0.200. The zero-order valence-electron chi connectivity index (χ0n) is 14.5. The smallest absolute Gasteiger partial charge is 0.310 e. The summed E-state index contributed by atoms with van der Waals surface area (Å²) >= 11 is 1.31. The van der Waals surface area contributed by atoms with Gasteiger partial charge in [-0.15, -0.1) is 11.3 Å². The Morgan fingerprint density at radius 2 is 2.00 bits per heavy atom. The molecule has 0 N–H and O–H groups in total. The van der Waals surface area contributed by atoms with Crippen LogP contribution < -0.4 is 9.47 Å². The first kappa shape index (κ1) is 17.4. The second-order valence-corrected chi connectivity index (χ2v) is 6.87. The van der Waals surface area contributed by atoms with E-state index in [1.807, 2.05) is 18.2 Å². The van der Waals surface area contributed by atoms with Crippen molar-refractivity contribution in [2.45, 2.75) is 13.3 Å². The van der Waals surface area contributed by atoms with Gasteiger partial charge in [-0.2, -0.15) is 0 Å². The van der Waals surface area contributed by atoms with Crippen LogP contribution in [0.5, 0.6) is 11.5 Å². The fourth-order valence-electron chi connectivity index (χ4n) is 2.85. The van der Waals surface area contributed by atoms with E-state index < -0.39 is 0 Å². The molecule has 0 spiro atoms. The van der Waals surface area contributed by atoms with Crippen LogP contribution >= 0.6 is 11.3 Å². The van der Waals surface area contributed by atoms with Gasteiger partial charge in [0.05, 0.1) is 24.2 Å². The van der Waals surface area contributed by atoms with Crippen LogP contribution in [-0.2, 0) is 16.0 Å². The van der Waals surface area contributed by atoms with Gasteiger partial charge in [-0.25, -0.2) is 0 Å². The van der Waals surface area contributed by atoms with E-state index >= 15 is 0 Å². The Bertz CT molecular complexity index is 986. The average Bonchev–Trinajstić information content (AvgIpc) is 3.41. The number of ketones is 1. The molecule has 1 aliphatic rings. The Hall–Kier alpha value is -3.06. The third-order valence-corrected chi connectivity index (χ3v) is 5.28. The molecule has 0 fully saturated rings. The van der Waals surface area contributed by atoms with Gasteiger partial charge in [0.2, 0.25) is 12.6 Å². The molecular formula is C20H16O6S. The summed E-state index contributed by atoms with van der Waals surface area (Å²) in [7, 11) is 0. The number of benzene rings is 1. The number of hydrogen-bond donors (Lipinski definition) is 0. The number of carbonyl (C=O) groups is 2. The van der Waals surface area contributed by atoms with Crippen LogP contribution in [0.25, 0.3) is 10.4 Å². The standard InChI is InChI=1S/C20H16O6S/c1-2-23-18(21)10-13-9-17(19(22)15-4-3-7-24-15)27-20(13)12-5-6-14-16(8-12)26-11-25-14/h3-9H,2,10-11H2,1H3. The van der Waals surface area contributed by atoms with Crippen molar-refractivity contribution in [3.63, 3.8) is 0 Å². The summed E-state index contributed by atoms with van der Waals surface area (Å²) in [6.07, 6.45) is 1.54. The molecule has 4 rings (SSSR count). The highest BCUT2D eigenvalue weighted by atomic mass is 32.1. The van der Waals surface area contributed by atoms with Gasteiger partial charge >= 0.3 is 5.97 Å². The topological polar surface area (TPSA) is 75.0 Å². The molecule has 0 unspecified atom stereocenters. The van der Waals surface area contributed by atoms with Gasteiger partial charge in [0.25, 0.3) is 0 Å². The van der Waals surface area contributed by atoms with Crippen LogP contribution in [0.1, 0.15) is 27.9 Å². The number of hydrogen-bond acceptors (Lipinski definition) is 7. The first-order valence-corrected chi connectivity index (χ1v) is 9.24. The fourth-order valence-corrected chi connectivity index (χ4v) is 3.97. The van der Waals surface area contributed by atoms with Crippen molar-refractivity contribution in [3.8, 4) is 21.9 Å². The molecule has 0 saturated carbocycles. The molecular weight excluding hydrogens is 368 g/mol. The van der Waals surface area contributed by atoms with Crippen molar-refractivity contribution in [3.05, 3.63) is 58.9 Å². The quantitative estimate of drug-likeness (QED) is 0.471. The van der Waals surface area contributed by atoms with E-state index in [0.29, 0.717) is 23.0 Å². The molecule has 3 aromatic rings. The molecule has 0 radical (unpaired) electrons. The first-order valence-electron chi connectivity index (χ1n) is 8.42. The largest absolute Gasteiger partial charge is 0.466 e. The van der Waals surface area contributed by atoms with Crippen molar-refractivity contribution in [2.75, 3.05) is 13.4 Å². The lowest BCUT2D eigenvalue weighted by Gasteiger charge is -2.05. The van der Waals surface area contributed by atoms with Gasteiger partial charge in [-0.05, 0) is 54.4 Å². The van der Waals surface area contributed by atoms with Gasteiger partial charge in [-0.3, -0.25) is 9.59 Å². The minimum atomic E-state index is -0.339. The molecule has 0 amide bonds. The maximum absolute atomic E-state index is 12.7. The number of rotatable bonds is 6. The van der Waals surface area contributed by atoms with Gasteiger partial charge in [0.15, 0.2) is 17.3 Å². The van der Waals surface area contributed by atoms with Gasteiger partial charge in [0.1, 0.15) is 0 Å². The monoisotopic (exact) mass is 384 g/mol. The minimum absolute atomic E-state index is 0.0829. The van der Waals surface area contributed by atoms with E-state index in [2.05, 4.69) is 0 Å². The van der Waals surface area contributed by atoms with Crippen molar-refractivity contribution in [2.24, 2.45) is 0 Å². The second-order valence-electron chi connectivity index (χ2n) is 5.82. The lowest BCUT2D eigenvalue weighted by atomic mass is 10.1. The highest BCUT2D eigenvalue weighted by Gasteiger charge is 2.22. The predicted molar refractivity (Wildman–Crippen MR) is 98.4 cm³/mol. The highest BCUT2D eigenvalue weighted by Crippen LogP contribution is 2.40. The van der Waals surface area contributed by atoms with E-state index in [9.17, 15) is 9.59 Å². The van der Waals surface area contributed by atoms with Gasteiger partial charge < -0.3 is 18.6 Å². The molecule has 0 atom stereocenters. The number of ether oxygens (including phenoxy) is 3. The molecule has 1 aliphatic heterocycles. The van der Waals surface area contributed by atoms with Crippen LogP contribution in [0, 0.1) is 0 Å². The van der Waals surface area contributed by atoms with Crippen molar-refractivity contribution in [1.29, 1.82) is 0 Å². The van der Waals surface area contributed by atoms with E-state index in [0.717, 1.165) is 16.0 Å². The van der Waals surface area contributed by atoms with E-state index in [-0.39, 0.29) is 30.7 Å². The number of fused-ring (bicyclic) bond motifs is 1. The lowest BCUT2D eigenvalue weighted by Crippen LogP contribution is -2.07. The number of thiophene rings is 1. The Morgan fingerprint density at radius 3 is 2.78 bits per heavy atom. The Kier molecular flexibility index (Phi) is 4.68. The number of esters is 1. The molecule has 0 aliphatic carbocycles. The Balaban J connectivity index is 1.74. The number of furan rings is 1. The molecule has 0 saturated heterocycles. The minimum Gasteiger partial charge on any atom is -0.466 e. The van der Waals surface area contributed by atoms with E-state index in [1.54, 1.807) is 25.1 Å². The van der Waals surface area contributed by atoms with Crippen LogP contribution in [0.4, 0.5) is 0 Å². The Labute approximate surface area is 159 Å². The molecule has 3 heterocycles. The van der Waals surface area contributed by atoms with Crippen LogP contribution in [0.3, 0.4) is 0 Å². The summed E-state index contributed by atoms with van der Waals surface area (Å²) in [5.74, 6) is 1.02. The molecule has 0 bridgehead atoms. The summed E-state index contributed by atoms with van der Waals surface area (Å²) < 4.78 is 21.1. The second kappa shape index (κ2) is 7.28. The summed E-state index contributed by atoms with van der Waals surface area (Å²) in [5, 5.41) is 0. The average molecular weight is 384 g/mol. The third kappa shape index (κ3) is 3.46. The van der Waals surface area contributed by atoms with Gasteiger partial charge in [0, 0.05) is 4.88 Å². The maximum Gasteiger partial charge on any atom is 0.310 e. The Morgan fingerprint density at radius 1 is 1.15 bits per heavy atom. The zero-order chi connectivity index (χ0) is 18.8. The van der Waals surface area contributed by atoms with Crippen LogP contribution in [0.15, 0.2) is 47.1 Å². The van der Waals surface area contributed by atoms with E-state index in [4.69, 9.17) is 18.6 Å². The van der Waals surface area contributed by atoms with Crippen LogP contribution in [-0.4, -0.2) is 25.2 Å². The molecule has 2 aromatic heterocycles. The molecule has 27 heavy (non-hydrogen) atoms. The molecule has 1 aromatic carbocycles. The predicted octanol–water partition coefficient (Wildman–Crippen LogP) is 4.07. The number of carbonyl (C=O) groups excluding carboxylic acids is 2. The zero-order valence-corrected chi connectivity index (χ0v) is 15.3. The first-order chi connectivity index (χ1) is 13.2. The molecule has 6 nitrogen and oxygen atoms in total. The normalized spacial score (nSPS) is 12.2. The SMILES string of the molecule is CCOC(=O)Cc1cc(C(=O)c2ccco2)sc1-c1ccc2c(c1)OCO2. The summed E-state index contributed by atoms with van der Waals surface area (Å²) in [4.78, 5) is 26.0. The summed E-state index contributed by atoms with van der Waals surface area (Å²) in [6.45, 7) is 2.25. The maximum atomic E-state index is 12.7. The third-order valence-electron chi connectivity index (χ3n) is 4.05. The highest BCUT2D eigenvalue weighted by molar-refractivity contribution is 7.17. The summed E-state index contributed by atoms with van der Waals surface area (Å²) in [6, 6.07) is 10.6. The van der Waals surface area contributed by atoms with Crippen molar-refractivity contribution >= 4 is 23.1 Å². The van der Waals surface area contributed by atoms with Crippen molar-refractivity contribution in [1.82, 2.24) is 0 Å².